The van der Waals surface area contributed by atoms with Crippen molar-refractivity contribution >= 4 is 28.6 Å². The first-order valence-corrected chi connectivity index (χ1v) is 15.3. The average molecular weight is 583 g/mol. The molecule has 0 radical (unpaired) electrons. The lowest BCUT2D eigenvalue weighted by molar-refractivity contribution is 0.0254. The number of para-hydroxylation sites is 1. The van der Waals surface area contributed by atoms with E-state index < -0.39 is 5.60 Å². The van der Waals surface area contributed by atoms with Crippen LogP contribution in [0.1, 0.15) is 61.0 Å². The lowest BCUT2D eigenvalue weighted by atomic mass is 9.82. The van der Waals surface area contributed by atoms with Gasteiger partial charge in [-0.15, -0.1) is 0 Å². The third kappa shape index (κ3) is 7.14. The van der Waals surface area contributed by atoms with E-state index in [-0.39, 0.29) is 12.5 Å². The number of fused-ring (bicyclic) bond motifs is 1. The maximum absolute atomic E-state index is 13.0. The molecule has 2 aliphatic heterocycles. The molecule has 2 saturated heterocycles. The number of aliphatic hydroxyl groups is 1. The first-order chi connectivity index (χ1) is 20.8. The van der Waals surface area contributed by atoms with Crippen molar-refractivity contribution in [3.05, 3.63) is 77.9 Å². The number of nitrogens with zero attached hydrogens (tertiary/aromatic N) is 5. The number of aromatic amines is 1. The van der Waals surface area contributed by atoms with Gasteiger partial charge >= 0.3 is 0 Å². The molecule has 6 rings (SSSR count). The number of imidazole rings is 1. The van der Waals surface area contributed by atoms with Crippen molar-refractivity contribution in [1.82, 2.24) is 30.2 Å². The standard InChI is InChI=1S/C33H42N8O2/c1-32(2)12-15-40(16-13-32)19-24-7-9-25(10-8-24)31(42)35-20-33(43)11-4-14-41(21-33)29-17-28(37-23-38-29)34-18-26-5-3-6-27-30(26)39-22-36-27/h3,5-10,17,22-23,43H,4,11-16,18-21H2,1-2H3,(H,35,42)(H,36,39)(H,34,37,38)/t33-/m1/s1. The lowest BCUT2D eigenvalue weighted by Gasteiger charge is -2.39. The van der Waals surface area contributed by atoms with Gasteiger partial charge in [0.05, 0.1) is 23.0 Å². The molecule has 4 heterocycles. The molecule has 2 aromatic carbocycles. The van der Waals surface area contributed by atoms with Gasteiger partial charge in [-0.1, -0.05) is 38.1 Å². The third-order valence-corrected chi connectivity index (χ3v) is 8.94. The fourth-order valence-corrected chi connectivity index (χ4v) is 6.11. The molecule has 4 N–H and O–H groups in total. The zero-order valence-electron chi connectivity index (χ0n) is 25.1. The number of β-amino-alcohol motifs (C(OH)–C–C–N with tert-alkyl or cyclic N) is 1. The summed E-state index contributed by atoms with van der Waals surface area (Å²) in [4.78, 5) is 34.0. The Morgan fingerprint density at radius 3 is 2.65 bits per heavy atom. The van der Waals surface area contributed by atoms with Crippen molar-refractivity contribution in [2.75, 3.05) is 42.9 Å². The topological polar surface area (TPSA) is 122 Å². The number of aromatic nitrogens is 4. The largest absolute Gasteiger partial charge is 0.386 e. The summed E-state index contributed by atoms with van der Waals surface area (Å²) in [7, 11) is 0. The molecular weight excluding hydrogens is 540 g/mol. The molecule has 2 aliphatic rings. The van der Waals surface area contributed by atoms with E-state index in [0.717, 1.165) is 55.0 Å². The van der Waals surface area contributed by atoms with Crippen molar-refractivity contribution in [3.8, 4) is 0 Å². The van der Waals surface area contributed by atoms with Gasteiger partial charge in [0.25, 0.3) is 5.91 Å². The van der Waals surface area contributed by atoms with Crippen LogP contribution < -0.4 is 15.5 Å². The van der Waals surface area contributed by atoms with Gasteiger partial charge in [-0.05, 0) is 73.5 Å². The molecule has 0 saturated carbocycles. The number of likely N-dealkylation sites (tertiary alicyclic amines) is 1. The van der Waals surface area contributed by atoms with Crippen LogP contribution in [0, 0.1) is 5.41 Å². The number of amides is 1. The van der Waals surface area contributed by atoms with Crippen LogP contribution in [0.25, 0.3) is 11.0 Å². The Bertz CT molecular complexity index is 1540. The van der Waals surface area contributed by atoms with Crippen molar-refractivity contribution in [3.63, 3.8) is 0 Å². The fraction of sp³-hybridized carbons (Fsp3) is 0.455. The molecule has 10 nitrogen and oxygen atoms in total. The Morgan fingerprint density at radius 2 is 1.84 bits per heavy atom. The number of anilines is 2. The highest BCUT2D eigenvalue weighted by molar-refractivity contribution is 5.94. The molecule has 43 heavy (non-hydrogen) atoms. The number of H-pyrrole nitrogens is 1. The highest BCUT2D eigenvalue weighted by atomic mass is 16.3. The highest BCUT2D eigenvalue weighted by Gasteiger charge is 2.34. The molecule has 1 amide bonds. The number of hydrogen-bond donors (Lipinski definition) is 4. The SMILES string of the molecule is CC1(C)CCN(Cc2ccc(C(=O)NC[C@]3(O)CCCN(c4cc(NCc5cccc6[nH]cnc56)ncn4)C3)cc2)CC1. The minimum absolute atomic E-state index is 0.169. The van der Waals surface area contributed by atoms with E-state index in [0.29, 0.717) is 36.3 Å². The van der Waals surface area contributed by atoms with Crippen LogP contribution in [0.3, 0.4) is 0 Å². The summed E-state index contributed by atoms with van der Waals surface area (Å²) in [5.74, 6) is 1.28. The van der Waals surface area contributed by atoms with Crippen molar-refractivity contribution in [2.24, 2.45) is 5.41 Å². The first-order valence-electron chi connectivity index (χ1n) is 15.3. The van der Waals surface area contributed by atoms with Crippen LogP contribution in [0.15, 0.2) is 61.2 Å². The Kier molecular flexibility index (Phi) is 8.32. The van der Waals surface area contributed by atoms with Gasteiger partial charge in [-0.3, -0.25) is 9.69 Å². The zero-order valence-corrected chi connectivity index (χ0v) is 25.1. The monoisotopic (exact) mass is 582 g/mol. The highest BCUT2D eigenvalue weighted by Crippen LogP contribution is 2.30. The Labute approximate surface area is 252 Å². The normalized spacial score (nSPS) is 20.7. The van der Waals surface area contributed by atoms with Crippen molar-refractivity contribution < 1.29 is 9.90 Å². The Morgan fingerprint density at radius 1 is 1.02 bits per heavy atom. The zero-order chi connectivity index (χ0) is 29.9. The maximum Gasteiger partial charge on any atom is 0.251 e. The summed E-state index contributed by atoms with van der Waals surface area (Å²) in [6, 6.07) is 15.8. The number of rotatable bonds is 9. The molecule has 226 valence electrons. The van der Waals surface area contributed by atoms with E-state index in [9.17, 15) is 9.90 Å². The molecule has 2 aromatic heterocycles. The van der Waals surface area contributed by atoms with Crippen molar-refractivity contribution in [2.45, 2.75) is 58.2 Å². The molecule has 10 heteroatoms. The lowest BCUT2D eigenvalue weighted by Crippen LogP contribution is -2.54. The fourth-order valence-electron chi connectivity index (χ4n) is 6.11. The second-order valence-electron chi connectivity index (χ2n) is 12.9. The summed E-state index contributed by atoms with van der Waals surface area (Å²) in [5, 5.41) is 17.8. The minimum Gasteiger partial charge on any atom is -0.386 e. The van der Waals surface area contributed by atoms with E-state index >= 15 is 0 Å². The predicted molar refractivity (Wildman–Crippen MR) is 169 cm³/mol. The van der Waals surface area contributed by atoms with Crippen LogP contribution in [0.5, 0.6) is 0 Å². The minimum atomic E-state index is -1.05. The van der Waals surface area contributed by atoms with Gasteiger partial charge in [-0.2, -0.15) is 0 Å². The molecule has 0 aliphatic carbocycles. The van der Waals surface area contributed by atoms with Gasteiger partial charge in [0.2, 0.25) is 0 Å². The van der Waals surface area contributed by atoms with E-state index in [4.69, 9.17) is 0 Å². The predicted octanol–water partition coefficient (Wildman–Crippen LogP) is 4.35. The number of nitrogens with one attached hydrogen (secondary N) is 3. The van der Waals surface area contributed by atoms with E-state index in [1.54, 1.807) is 6.33 Å². The Balaban J connectivity index is 1.01. The van der Waals surface area contributed by atoms with Crippen LogP contribution in [0.2, 0.25) is 0 Å². The Hall–Kier alpha value is -4.02. The molecule has 2 fully saturated rings. The maximum atomic E-state index is 13.0. The van der Waals surface area contributed by atoms with Crippen LogP contribution in [-0.2, 0) is 13.1 Å². The van der Waals surface area contributed by atoms with Crippen LogP contribution in [0.4, 0.5) is 11.6 Å². The summed E-state index contributed by atoms with van der Waals surface area (Å²) in [6.07, 6.45) is 7.07. The molecule has 0 spiro atoms. The van der Waals surface area contributed by atoms with Gasteiger partial charge in [0.1, 0.15) is 18.0 Å². The molecular formula is C33H42N8O2. The second kappa shape index (κ2) is 12.3. The summed E-state index contributed by atoms with van der Waals surface area (Å²) < 4.78 is 0. The summed E-state index contributed by atoms with van der Waals surface area (Å²) in [6.45, 7) is 9.72. The number of carbonyl (C=O) groups is 1. The van der Waals surface area contributed by atoms with Crippen LogP contribution >= 0.6 is 0 Å². The van der Waals surface area contributed by atoms with E-state index in [2.05, 4.69) is 54.2 Å². The quantitative estimate of drug-likeness (QED) is 0.230. The molecule has 4 aromatic rings. The van der Waals surface area contributed by atoms with Gasteiger partial charge in [0.15, 0.2) is 0 Å². The first kappa shape index (κ1) is 29.1. The van der Waals surface area contributed by atoms with Gasteiger partial charge in [-0.25, -0.2) is 15.0 Å². The molecule has 1 atom stereocenters. The van der Waals surface area contributed by atoms with Gasteiger partial charge < -0.3 is 25.6 Å². The smallest absolute Gasteiger partial charge is 0.251 e. The summed E-state index contributed by atoms with van der Waals surface area (Å²) >= 11 is 0. The number of piperidine rings is 2. The molecule has 0 unspecified atom stereocenters. The average Bonchev–Trinajstić information content (AvgIpc) is 3.50. The number of benzene rings is 2. The van der Waals surface area contributed by atoms with Crippen molar-refractivity contribution in [1.29, 1.82) is 0 Å². The van der Waals surface area contributed by atoms with E-state index in [1.165, 1.54) is 24.7 Å². The summed E-state index contributed by atoms with van der Waals surface area (Å²) in [5.41, 5.74) is 4.21. The number of carbonyl (C=O) groups excluding carboxylic acids is 1. The second-order valence-corrected chi connectivity index (χ2v) is 12.9. The molecule has 0 bridgehead atoms. The van der Waals surface area contributed by atoms with Crippen LogP contribution in [-0.4, -0.2) is 74.2 Å². The van der Waals surface area contributed by atoms with Gasteiger partial charge in [0, 0.05) is 44.4 Å². The number of hydrogen-bond acceptors (Lipinski definition) is 8. The van der Waals surface area contributed by atoms with E-state index in [1.807, 2.05) is 48.5 Å². The third-order valence-electron chi connectivity index (χ3n) is 8.94.